The molecule has 2 aliphatic rings. The molecule has 0 bridgehead atoms. The van der Waals surface area contributed by atoms with Gasteiger partial charge in [-0.05, 0) is 37.4 Å². The molecular weight excluding hydrogens is 440 g/mol. The van der Waals surface area contributed by atoms with Gasteiger partial charge in [-0.2, -0.15) is 14.1 Å². The van der Waals surface area contributed by atoms with Crippen LogP contribution in [0.5, 0.6) is 0 Å². The number of ketones is 2. The van der Waals surface area contributed by atoms with Gasteiger partial charge >= 0.3 is 17.1 Å². The zero-order chi connectivity index (χ0) is 22.2. The van der Waals surface area contributed by atoms with E-state index in [0.717, 1.165) is 26.2 Å². The van der Waals surface area contributed by atoms with E-state index >= 15 is 0 Å². The Balaban J connectivity index is 0.000000562. The average Bonchev–Trinajstić information content (AvgIpc) is 2.77. The summed E-state index contributed by atoms with van der Waals surface area (Å²) in [5, 5.41) is 13.9. The molecule has 0 aromatic carbocycles. The molecule has 9 heteroatoms. The van der Waals surface area contributed by atoms with Crippen molar-refractivity contribution in [3.63, 3.8) is 0 Å². The number of allylic oxidation sites excluding steroid dienone is 8. The zero-order valence-electron chi connectivity index (χ0n) is 18.3. The van der Waals surface area contributed by atoms with Crippen LogP contribution in [0.1, 0.15) is 0 Å². The van der Waals surface area contributed by atoms with Gasteiger partial charge in [0.2, 0.25) is 11.6 Å². The molecule has 2 aliphatic carbocycles. The van der Waals surface area contributed by atoms with Crippen LogP contribution in [-0.4, -0.2) is 66.1 Å². The Morgan fingerprint density at radius 1 is 0.806 bits per heavy atom. The minimum Gasteiger partial charge on any atom is -0.664 e. The van der Waals surface area contributed by atoms with Gasteiger partial charge in [-0.3, -0.25) is 9.59 Å². The first-order chi connectivity index (χ1) is 14.6. The van der Waals surface area contributed by atoms with Crippen molar-refractivity contribution in [3.8, 4) is 0 Å². The van der Waals surface area contributed by atoms with Crippen LogP contribution >= 0.6 is 0 Å². The van der Waals surface area contributed by atoms with Crippen molar-refractivity contribution in [2.24, 2.45) is 0 Å². The molecule has 0 atom stereocenters. The largest absolute Gasteiger partial charge is 3.00 e. The van der Waals surface area contributed by atoms with E-state index in [1.807, 2.05) is 0 Å². The fraction of sp³-hybridized carbons (Fsp3) is 0.364. The first-order valence-electron chi connectivity index (χ1n) is 9.51. The predicted molar refractivity (Wildman–Crippen MR) is 119 cm³/mol. The van der Waals surface area contributed by atoms with Crippen LogP contribution in [0.4, 0.5) is 0 Å². The minimum absolute atomic E-state index is 0. The quantitative estimate of drug-likeness (QED) is 0.288. The summed E-state index contributed by atoms with van der Waals surface area (Å²) in [6.07, 6.45) is 13.8. The molecule has 1 radical (unpaired) electrons. The van der Waals surface area contributed by atoms with Crippen molar-refractivity contribution in [1.29, 1.82) is 0 Å². The Labute approximate surface area is 195 Å². The molecule has 0 unspecified atom stereocenters. The van der Waals surface area contributed by atoms with Crippen LogP contribution in [-0.2, 0) is 36.1 Å². The number of methoxy groups -OCH3 is 2. The number of likely N-dealkylation sites (N-methyl/N-ethyl adjacent to an activating group) is 2. The molecular formula is C22H30FeN4O4+. The van der Waals surface area contributed by atoms with Crippen molar-refractivity contribution in [3.05, 3.63) is 82.2 Å². The van der Waals surface area contributed by atoms with E-state index in [4.69, 9.17) is 9.47 Å². The summed E-state index contributed by atoms with van der Waals surface area (Å²) in [6, 6.07) is 0. The maximum atomic E-state index is 11.6. The van der Waals surface area contributed by atoms with Gasteiger partial charge in [-0.25, -0.2) is 0 Å². The van der Waals surface area contributed by atoms with Gasteiger partial charge in [0.15, 0.2) is 11.5 Å². The van der Waals surface area contributed by atoms with Crippen LogP contribution < -0.4 is 10.6 Å². The van der Waals surface area contributed by atoms with Crippen LogP contribution in [0, 0.1) is 0 Å². The molecule has 169 valence electrons. The SMILES string of the molecule is C[N-]CCNC=C1C=CC=C(OC)C1=O.C[N-]CCNC=C1C=CC=C(OC)C1=O.[Fe+3]. The molecule has 0 aromatic rings. The minimum atomic E-state index is -0.0964. The van der Waals surface area contributed by atoms with Crippen LogP contribution in [0.25, 0.3) is 10.6 Å². The average molecular weight is 470 g/mol. The molecule has 2 N–H and O–H groups in total. The van der Waals surface area contributed by atoms with Gasteiger partial charge in [0.1, 0.15) is 0 Å². The summed E-state index contributed by atoms with van der Waals surface area (Å²) < 4.78 is 9.87. The van der Waals surface area contributed by atoms with E-state index in [9.17, 15) is 9.59 Å². The molecule has 0 aromatic heterocycles. The number of carbonyl (C=O) groups is 2. The summed E-state index contributed by atoms with van der Waals surface area (Å²) in [5.74, 6) is 0.540. The van der Waals surface area contributed by atoms with Gasteiger partial charge in [0.25, 0.3) is 0 Å². The van der Waals surface area contributed by atoms with E-state index in [1.54, 1.807) is 63.0 Å². The Hall–Kier alpha value is -2.58. The molecule has 0 saturated heterocycles. The number of nitrogens with zero attached hydrogens (tertiary/aromatic N) is 2. The Bertz CT molecular complexity index is 703. The van der Waals surface area contributed by atoms with Gasteiger partial charge < -0.3 is 30.7 Å². The van der Waals surface area contributed by atoms with Crippen molar-refractivity contribution in [1.82, 2.24) is 10.6 Å². The predicted octanol–water partition coefficient (Wildman–Crippen LogP) is 2.26. The van der Waals surface area contributed by atoms with Crippen LogP contribution in [0.3, 0.4) is 0 Å². The molecule has 31 heavy (non-hydrogen) atoms. The van der Waals surface area contributed by atoms with Gasteiger partial charge in [0.05, 0.1) is 14.2 Å². The monoisotopic (exact) mass is 470 g/mol. The first-order valence-corrected chi connectivity index (χ1v) is 9.51. The summed E-state index contributed by atoms with van der Waals surface area (Å²) in [7, 11) is 6.49. The topological polar surface area (TPSA) is 105 Å². The van der Waals surface area contributed by atoms with E-state index in [-0.39, 0.29) is 28.6 Å². The Morgan fingerprint density at radius 3 is 1.52 bits per heavy atom. The number of rotatable bonds is 10. The van der Waals surface area contributed by atoms with Crippen LogP contribution in [0.2, 0.25) is 0 Å². The van der Waals surface area contributed by atoms with E-state index in [2.05, 4.69) is 21.3 Å². The van der Waals surface area contributed by atoms with Gasteiger partial charge in [-0.15, -0.1) is 13.1 Å². The number of carbonyl (C=O) groups excluding carboxylic acids is 2. The number of hydrogen-bond acceptors (Lipinski definition) is 6. The Kier molecular flexibility index (Phi) is 15.7. The molecule has 0 aliphatic heterocycles. The normalized spacial score (nSPS) is 17.3. The standard InChI is InChI=1S/2C11H15N2O2.Fe/c2*1-12-6-7-13-8-9-4-3-5-10(15-2)11(9)14;/h2*3-5,8,13H,6-7H2,1-2H3;/q2*-1;+3. The fourth-order valence-corrected chi connectivity index (χ4v) is 2.33. The van der Waals surface area contributed by atoms with Crippen molar-refractivity contribution in [2.75, 3.05) is 54.5 Å². The van der Waals surface area contributed by atoms with Crippen molar-refractivity contribution >= 4 is 11.6 Å². The maximum Gasteiger partial charge on any atom is 3.00 e. The second-order valence-corrected chi connectivity index (χ2v) is 6.03. The third kappa shape index (κ3) is 10.3. The molecule has 0 heterocycles. The molecule has 0 saturated carbocycles. The zero-order valence-corrected chi connectivity index (χ0v) is 19.4. The summed E-state index contributed by atoms with van der Waals surface area (Å²) in [6.45, 7) is 2.92. The summed E-state index contributed by atoms with van der Waals surface area (Å²) in [5.41, 5.74) is 1.20. The number of hydrogen-bond donors (Lipinski definition) is 2. The number of nitrogens with one attached hydrogen (secondary N) is 2. The van der Waals surface area contributed by atoms with E-state index < -0.39 is 0 Å². The van der Waals surface area contributed by atoms with Gasteiger partial charge in [0, 0.05) is 23.5 Å². The fourth-order valence-electron chi connectivity index (χ4n) is 2.33. The van der Waals surface area contributed by atoms with E-state index in [1.165, 1.54) is 14.2 Å². The second kappa shape index (κ2) is 17.1. The molecule has 0 amide bonds. The number of Topliss-reactive ketones (excluding diaryl/α,β-unsaturated/α-hetero) is 2. The second-order valence-electron chi connectivity index (χ2n) is 6.03. The maximum absolute atomic E-state index is 11.6. The third-order valence-electron chi connectivity index (χ3n) is 3.93. The van der Waals surface area contributed by atoms with Gasteiger partial charge in [-0.1, -0.05) is 12.2 Å². The number of ether oxygens (including phenoxy) is 2. The Morgan fingerprint density at radius 2 is 1.19 bits per heavy atom. The molecule has 8 nitrogen and oxygen atoms in total. The smallest absolute Gasteiger partial charge is 0.664 e. The van der Waals surface area contributed by atoms with Crippen molar-refractivity contribution in [2.45, 2.75) is 0 Å². The molecule has 0 spiro atoms. The van der Waals surface area contributed by atoms with E-state index in [0.29, 0.717) is 22.7 Å². The molecule has 2 rings (SSSR count). The third-order valence-corrected chi connectivity index (χ3v) is 3.93. The summed E-state index contributed by atoms with van der Waals surface area (Å²) >= 11 is 0. The summed E-state index contributed by atoms with van der Waals surface area (Å²) in [4.78, 5) is 23.3. The van der Waals surface area contributed by atoms with Crippen molar-refractivity contribution < 1.29 is 36.1 Å². The van der Waals surface area contributed by atoms with Crippen LogP contribution in [0.15, 0.2) is 71.5 Å². The first kappa shape index (κ1) is 28.4. The molecule has 0 fully saturated rings.